The molecular weight excluding hydrogens is 282 g/mol. The fourth-order valence-corrected chi connectivity index (χ4v) is 1.99. The number of hydrogen-bond donors (Lipinski definition) is 0. The quantitative estimate of drug-likeness (QED) is 0.816. The van der Waals surface area contributed by atoms with Crippen LogP contribution in [0, 0.1) is 6.92 Å². The van der Waals surface area contributed by atoms with Crippen LogP contribution >= 0.6 is 15.9 Å². The molecule has 1 heterocycles. The molecule has 88 valence electrons. The third-order valence-corrected chi connectivity index (χ3v) is 3.55. The van der Waals surface area contributed by atoms with Gasteiger partial charge in [0.15, 0.2) is 5.78 Å². The van der Waals surface area contributed by atoms with Crippen molar-refractivity contribution in [2.45, 2.75) is 13.3 Å². The molecule has 0 N–H and O–H groups in total. The number of rotatable bonds is 3. The normalized spacial score (nSPS) is 10.5. The van der Waals surface area contributed by atoms with Crippen molar-refractivity contribution in [3.05, 3.63) is 46.0 Å². The zero-order valence-electron chi connectivity index (χ0n) is 9.64. The molecule has 5 heteroatoms. The van der Waals surface area contributed by atoms with Gasteiger partial charge in [0.2, 0.25) is 0 Å². The van der Waals surface area contributed by atoms with Crippen molar-refractivity contribution in [2.24, 2.45) is 7.05 Å². The first-order valence-corrected chi connectivity index (χ1v) is 6.00. The molecule has 17 heavy (non-hydrogen) atoms. The zero-order chi connectivity index (χ0) is 12.4. The summed E-state index contributed by atoms with van der Waals surface area (Å²) >= 11 is 3.42. The summed E-state index contributed by atoms with van der Waals surface area (Å²) in [4.78, 5) is 16.2. The maximum Gasteiger partial charge on any atom is 0.170 e. The Morgan fingerprint density at radius 2 is 2.24 bits per heavy atom. The Balaban J connectivity index is 2.27. The molecule has 0 aliphatic rings. The van der Waals surface area contributed by atoms with Crippen LogP contribution in [0.15, 0.2) is 29.0 Å². The highest BCUT2D eigenvalue weighted by atomic mass is 79.9. The molecule has 2 aromatic rings. The second-order valence-corrected chi connectivity index (χ2v) is 4.67. The zero-order valence-corrected chi connectivity index (χ0v) is 11.2. The first-order valence-electron chi connectivity index (χ1n) is 5.21. The maximum absolute atomic E-state index is 12.1. The minimum atomic E-state index is 0.0555. The van der Waals surface area contributed by atoms with Crippen molar-refractivity contribution < 1.29 is 4.79 Å². The van der Waals surface area contributed by atoms with E-state index in [2.05, 4.69) is 26.0 Å². The molecule has 2 rings (SSSR count). The summed E-state index contributed by atoms with van der Waals surface area (Å²) < 4.78 is 2.56. The van der Waals surface area contributed by atoms with Crippen LogP contribution in [0.5, 0.6) is 0 Å². The summed E-state index contributed by atoms with van der Waals surface area (Å²) in [5.74, 6) is 0.731. The minimum absolute atomic E-state index is 0.0555. The van der Waals surface area contributed by atoms with Gasteiger partial charge in [0.25, 0.3) is 0 Å². The van der Waals surface area contributed by atoms with Crippen LogP contribution in [0.25, 0.3) is 0 Å². The summed E-state index contributed by atoms with van der Waals surface area (Å²) in [7, 11) is 1.78. The van der Waals surface area contributed by atoms with Crippen LogP contribution in [-0.2, 0) is 13.5 Å². The highest BCUT2D eigenvalue weighted by Crippen LogP contribution is 2.20. The highest BCUT2D eigenvalue weighted by molar-refractivity contribution is 9.10. The van der Waals surface area contributed by atoms with Gasteiger partial charge < -0.3 is 0 Å². The molecule has 1 aromatic carbocycles. The molecule has 0 amide bonds. The van der Waals surface area contributed by atoms with Crippen LogP contribution in [0.4, 0.5) is 0 Å². The fourth-order valence-electron chi connectivity index (χ4n) is 1.63. The van der Waals surface area contributed by atoms with Crippen LogP contribution < -0.4 is 0 Å². The molecule has 0 unspecified atom stereocenters. The topological polar surface area (TPSA) is 47.8 Å². The molecule has 0 saturated heterocycles. The summed E-state index contributed by atoms with van der Waals surface area (Å²) in [6.45, 7) is 1.92. The van der Waals surface area contributed by atoms with Crippen molar-refractivity contribution in [1.82, 2.24) is 14.8 Å². The lowest BCUT2D eigenvalue weighted by atomic mass is 10.0. The van der Waals surface area contributed by atoms with Crippen LogP contribution in [0.1, 0.15) is 21.7 Å². The van der Waals surface area contributed by atoms with Crippen molar-refractivity contribution in [2.75, 3.05) is 0 Å². The van der Waals surface area contributed by atoms with Gasteiger partial charge in [0.1, 0.15) is 12.2 Å². The molecule has 4 nitrogen and oxygen atoms in total. The second kappa shape index (κ2) is 4.79. The predicted molar refractivity (Wildman–Crippen MR) is 67.9 cm³/mol. The van der Waals surface area contributed by atoms with Gasteiger partial charge >= 0.3 is 0 Å². The first-order chi connectivity index (χ1) is 8.09. The number of halogens is 1. The summed E-state index contributed by atoms with van der Waals surface area (Å²) in [5.41, 5.74) is 1.68. The number of aromatic nitrogens is 3. The summed E-state index contributed by atoms with van der Waals surface area (Å²) in [6.07, 6.45) is 1.73. The van der Waals surface area contributed by atoms with E-state index < -0.39 is 0 Å². The highest BCUT2D eigenvalue weighted by Gasteiger charge is 2.13. The standard InChI is InChI=1S/C12H12BrN3O/c1-8-9(4-3-5-10(8)13)11(17)6-12-14-7-15-16(12)2/h3-5,7H,6H2,1-2H3. The molecule has 0 aliphatic carbocycles. The fraction of sp³-hybridized carbons (Fsp3) is 0.250. The number of aryl methyl sites for hydroxylation is 1. The third kappa shape index (κ3) is 2.44. The Labute approximate surface area is 108 Å². The minimum Gasteiger partial charge on any atom is -0.294 e. The molecule has 0 aliphatic heterocycles. The second-order valence-electron chi connectivity index (χ2n) is 3.81. The van der Waals surface area contributed by atoms with Gasteiger partial charge in [-0.2, -0.15) is 5.10 Å². The van der Waals surface area contributed by atoms with E-state index in [1.54, 1.807) is 11.7 Å². The van der Waals surface area contributed by atoms with E-state index in [1.807, 2.05) is 25.1 Å². The van der Waals surface area contributed by atoms with E-state index in [0.29, 0.717) is 5.82 Å². The largest absolute Gasteiger partial charge is 0.294 e. The molecule has 1 aromatic heterocycles. The van der Waals surface area contributed by atoms with Crippen molar-refractivity contribution in [3.63, 3.8) is 0 Å². The van der Waals surface area contributed by atoms with Gasteiger partial charge in [0, 0.05) is 17.1 Å². The van der Waals surface area contributed by atoms with Gasteiger partial charge in [-0.1, -0.05) is 28.1 Å². The van der Waals surface area contributed by atoms with E-state index >= 15 is 0 Å². The molecule has 0 atom stereocenters. The summed E-state index contributed by atoms with van der Waals surface area (Å²) in [5, 5.41) is 3.95. The van der Waals surface area contributed by atoms with E-state index in [0.717, 1.165) is 15.6 Å². The van der Waals surface area contributed by atoms with Crippen LogP contribution in [0.3, 0.4) is 0 Å². The first kappa shape index (κ1) is 12.0. The Kier molecular flexibility index (Phi) is 3.38. The number of carbonyl (C=O) groups is 1. The molecule has 0 spiro atoms. The van der Waals surface area contributed by atoms with Crippen LogP contribution in [0.2, 0.25) is 0 Å². The van der Waals surface area contributed by atoms with Gasteiger partial charge in [-0.05, 0) is 18.6 Å². The number of ketones is 1. The monoisotopic (exact) mass is 293 g/mol. The van der Waals surface area contributed by atoms with Gasteiger partial charge in [-0.15, -0.1) is 0 Å². The maximum atomic E-state index is 12.1. The van der Waals surface area contributed by atoms with E-state index in [4.69, 9.17) is 0 Å². The Bertz CT molecular complexity index is 563. The van der Waals surface area contributed by atoms with Crippen molar-refractivity contribution in [1.29, 1.82) is 0 Å². The number of hydrogen-bond acceptors (Lipinski definition) is 3. The van der Waals surface area contributed by atoms with E-state index in [1.165, 1.54) is 6.33 Å². The van der Waals surface area contributed by atoms with E-state index in [-0.39, 0.29) is 12.2 Å². The lowest BCUT2D eigenvalue weighted by molar-refractivity contribution is 0.0989. The van der Waals surface area contributed by atoms with Crippen LogP contribution in [-0.4, -0.2) is 20.5 Å². The lowest BCUT2D eigenvalue weighted by Gasteiger charge is -2.06. The smallest absolute Gasteiger partial charge is 0.170 e. The number of Topliss-reactive ketones (excluding diaryl/α,β-unsaturated/α-hetero) is 1. The summed E-state index contributed by atoms with van der Waals surface area (Å²) in [6, 6.07) is 5.62. The Hall–Kier alpha value is -1.49. The van der Waals surface area contributed by atoms with Gasteiger partial charge in [-0.25, -0.2) is 4.98 Å². The molecule has 0 fully saturated rings. The van der Waals surface area contributed by atoms with Gasteiger partial charge in [-0.3, -0.25) is 9.48 Å². The Morgan fingerprint density at radius 3 is 2.88 bits per heavy atom. The molecule has 0 saturated carbocycles. The van der Waals surface area contributed by atoms with Crippen molar-refractivity contribution in [3.8, 4) is 0 Å². The predicted octanol–water partition coefficient (Wildman–Crippen LogP) is 2.31. The third-order valence-electron chi connectivity index (χ3n) is 2.69. The molecule has 0 radical (unpaired) electrons. The lowest BCUT2D eigenvalue weighted by Crippen LogP contribution is -2.10. The van der Waals surface area contributed by atoms with Crippen molar-refractivity contribution >= 4 is 21.7 Å². The van der Waals surface area contributed by atoms with E-state index in [9.17, 15) is 4.79 Å². The average molecular weight is 294 g/mol. The Morgan fingerprint density at radius 1 is 1.47 bits per heavy atom. The molecular formula is C12H12BrN3O. The number of carbonyl (C=O) groups excluding carboxylic acids is 1. The SMILES string of the molecule is Cc1c(Br)cccc1C(=O)Cc1ncnn1C. The van der Waals surface area contributed by atoms with Gasteiger partial charge in [0.05, 0.1) is 6.42 Å². The molecule has 0 bridgehead atoms. The average Bonchev–Trinajstić information content (AvgIpc) is 2.68. The number of benzene rings is 1. The number of nitrogens with zero attached hydrogens (tertiary/aromatic N) is 3.